The first-order valence-electron chi connectivity index (χ1n) is 4.33. The minimum Gasteiger partial charge on any atom is -0.383 e. The minimum atomic E-state index is 0.635. The molecule has 0 aliphatic heterocycles. The molecule has 0 aliphatic rings. The molecule has 4 heteroatoms. The van der Waals surface area contributed by atoms with E-state index in [-0.39, 0.29) is 0 Å². The second-order valence-electron chi connectivity index (χ2n) is 2.92. The van der Waals surface area contributed by atoms with Gasteiger partial charge >= 0.3 is 0 Å². The van der Waals surface area contributed by atoms with Gasteiger partial charge in [0, 0.05) is 26.9 Å². The van der Waals surface area contributed by atoms with Crippen LogP contribution in [0, 0.1) is 11.3 Å². The van der Waals surface area contributed by atoms with Gasteiger partial charge < -0.3 is 9.64 Å². The Balaban J connectivity index is 2.79. The number of hydrogen-bond acceptors (Lipinski definition) is 4. The van der Waals surface area contributed by atoms with Crippen molar-refractivity contribution in [2.45, 2.75) is 0 Å². The molecule has 1 rings (SSSR count). The molecule has 1 heterocycles. The zero-order chi connectivity index (χ0) is 10.4. The summed E-state index contributed by atoms with van der Waals surface area (Å²) in [4.78, 5) is 5.94. The van der Waals surface area contributed by atoms with Crippen LogP contribution in [-0.2, 0) is 4.74 Å². The van der Waals surface area contributed by atoms with Crippen LogP contribution in [0.4, 0.5) is 5.69 Å². The van der Waals surface area contributed by atoms with Crippen LogP contribution in [0.15, 0.2) is 18.5 Å². The summed E-state index contributed by atoms with van der Waals surface area (Å²) in [7, 11) is 3.57. The average Bonchev–Trinajstić information content (AvgIpc) is 2.25. The van der Waals surface area contributed by atoms with Crippen molar-refractivity contribution < 1.29 is 4.74 Å². The van der Waals surface area contributed by atoms with E-state index < -0.39 is 0 Å². The predicted molar refractivity (Wildman–Crippen MR) is 54.1 cm³/mol. The molecular formula is C10H13N3O. The molecule has 4 nitrogen and oxygen atoms in total. The van der Waals surface area contributed by atoms with Crippen LogP contribution >= 0.6 is 0 Å². The third kappa shape index (κ3) is 2.44. The third-order valence-corrected chi connectivity index (χ3v) is 1.96. The molecule has 0 bridgehead atoms. The Hall–Kier alpha value is -1.60. The van der Waals surface area contributed by atoms with E-state index in [0.717, 1.165) is 12.2 Å². The molecule has 0 atom stereocenters. The molecule has 0 amide bonds. The Kier molecular flexibility index (Phi) is 3.89. The summed E-state index contributed by atoms with van der Waals surface area (Å²) < 4.78 is 4.96. The highest BCUT2D eigenvalue weighted by Gasteiger charge is 2.05. The van der Waals surface area contributed by atoms with Gasteiger partial charge in [-0.2, -0.15) is 5.26 Å². The van der Waals surface area contributed by atoms with Gasteiger partial charge in [0.2, 0.25) is 0 Å². The molecule has 1 aromatic rings. The quantitative estimate of drug-likeness (QED) is 0.713. The zero-order valence-electron chi connectivity index (χ0n) is 8.40. The lowest BCUT2D eigenvalue weighted by molar-refractivity contribution is 0.206. The Morgan fingerprint density at radius 3 is 3.07 bits per heavy atom. The Bertz CT molecular complexity index is 332. The van der Waals surface area contributed by atoms with Gasteiger partial charge in [-0.25, -0.2) is 0 Å². The first-order valence-corrected chi connectivity index (χ1v) is 4.33. The molecule has 0 aliphatic carbocycles. The number of likely N-dealkylation sites (N-methyl/N-ethyl adjacent to an activating group) is 1. The van der Waals surface area contributed by atoms with Gasteiger partial charge in [-0.05, 0) is 6.07 Å². The fraction of sp³-hybridized carbons (Fsp3) is 0.400. The smallest absolute Gasteiger partial charge is 0.101 e. The number of hydrogen-bond donors (Lipinski definition) is 0. The summed E-state index contributed by atoms with van der Waals surface area (Å²) >= 11 is 0. The molecule has 0 unspecified atom stereocenters. The molecule has 0 fully saturated rings. The van der Waals surface area contributed by atoms with E-state index in [1.807, 2.05) is 11.9 Å². The fourth-order valence-electron chi connectivity index (χ4n) is 1.13. The molecule has 0 saturated carbocycles. The fourth-order valence-corrected chi connectivity index (χ4v) is 1.13. The number of nitrogens with zero attached hydrogens (tertiary/aromatic N) is 3. The summed E-state index contributed by atoms with van der Waals surface area (Å²) in [5.41, 5.74) is 1.48. The number of rotatable bonds is 4. The number of ether oxygens (including phenoxy) is 1. The summed E-state index contributed by atoms with van der Waals surface area (Å²) in [6.45, 7) is 1.38. The number of aromatic nitrogens is 1. The van der Waals surface area contributed by atoms with Gasteiger partial charge in [0.05, 0.1) is 24.1 Å². The van der Waals surface area contributed by atoms with Crippen LogP contribution in [-0.4, -0.2) is 32.3 Å². The molecule has 14 heavy (non-hydrogen) atoms. The zero-order valence-corrected chi connectivity index (χ0v) is 8.40. The second-order valence-corrected chi connectivity index (χ2v) is 2.92. The third-order valence-electron chi connectivity index (χ3n) is 1.96. The predicted octanol–water partition coefficient (Wildman–Crippen LogP) is 1.04. The van der Waals surface area contributed by atoms with E-state index >= 15 is 0 Å². The summed E-state index contributed by atoms with van der Waals surface area (Å²) in [5, 5.41) is 8.86. The van der Waals surface area contributed by atoms with Crippen molar-refractivity contribution in [3.8, 4) is 6.07 Å². The van der Waals surface area contributed by atoms with E-state index in [2.05, 4.69) is 11.1 Å². The van der Waals surface area contributed by atoms with E-state index in [1.165, 1.54) is 0 Å². The number of pyridine rings is 1. The lowest BCUT2D eigenvalue weighted by Crippen LogP contribution is -2.22. The van der Waals surface area contributed by atoms with Crippen molar-refractivity contribution in [1.82, 2.24) is 4.98 Å². The Morgan fingerprint density at radius 1 is 1.64 bits per heavy atom. The summed E-state index contributed by atoms with van der Waals surface area (Å²) in [6.07, 6.45) is 3.31. The van der Waals surface area contributed by atoms with Crippen molar-refractivity contribution in [2.24, 2.45) is 0 Å². The number of anilines is 1. The van der Waals surface area contributed by atoms with Crippen molar-refractivity contribution in [2.75, 3.05) is 32.2 Å². The standard InChI is InChI=1S/C10H13N3O/c1-13(5-6-14-2)10-8-12-4-3-9(10)7-11/h3-4,8H,5-6H2,1-2H3. The molecule has 0 N–H and O–H groups in total. The molecular weight excluding hydrogens is 178 g/mol. The van der Waals surface area contributed by atoms with Gasteiger partial charge in [0.1, 0.15) is 6.07 Å². The summed E-state index contributed by atoms with van der Waals surface area (Å²) in [5.74, 6) is 0. The van der Waals surface area contributed by atoms with Gasteiger partial charge in [-0.3, -0.25) is 4.98 Å². The van der Waals surface area contributed by atoms with Gasteiger partial charge in [0.25, 0.3) is 0 Å². The largest absolute Gasteiger partial charge is 0.383 e. The van der Waals surface area contributed by atoms with E-state index in [9.17, 15) is 0 Å². The van der Waals surface area contributed by atoms with Crippen molar-refractivity contribution in [1.29, 1.82) is 5.26 Å². The highest BCUT2D eigenvalue weighted by Crippen LogP contribution is 2.15. The molecule has 74 valence electrons. The molecule has 0 spiro atoms. The second kappa shape index (κ2) is 5.20. The molecule has 0 radical (unpaired) electrons. The van der Waals surface area contributed by atoms with Crippen LogP contribution in [0.2, 0.25) is 0 Å². The van der Waals surface area contributed by atoms with Crippen LogP contribution < -0.4 is 4.90 Å². The first kappa shape index (κ1) is 10.5. The maximum absolute atomic E-state index is 8.86. The van der Waals surface area contributed by atoms with Crippen molar-refractivity contribution in [3.63, 3.8) is 0 Å². The first-order chi connectivity index (χ1) is 6.79. The lowest BCUT2D eigenvalue weighted by Gasteiger charge is -2.18. The molecule has 1 aromatic heterocycles. The average molecular weight is 191 g/mol. The lowest BCUT2D eigenvalue weighted by atomic mass is 10.2. The topological polar surface area (TPSA) is 49.1 Å². The van der Waals surface area contributed by atoms with Crippen molar-refractivity contribution >= 4 is 5.69 Å². The van der Waals surface area contributed by atoms with Crippen LogP contribution in [0.25, 0.3) is 0 Å². The van der Waals surface area contributed by atoms with Crippen LogP contribution in [0.1, 0.15) is 5.56 Å². The molecule has 0 aromatic carbocycles. The molecule has 0 saturated heterocycles. The maximum Gasteiger partial charge on any atom is 0.101 e. The van der Waals surface area contributed by atoms with E-state index in [4.69, 9.17) is 10.00 Å². The highest BCUT2D eigenvalue weighted by molar-refractivity contribution is 5.56. The van der Waals surface area contributed by atoms with E-state index in [1.54, 1.807) is 25.6 Å². The van der Waals surface area contributed by atoms with Gasteiger partial charge in [-0.15, -0.1) is 0 Å². The summed E-state index contributed by atoms with van der Waals surface area (Å²) in [6, 6.07) is 3.84. The monoisotopic (exact) mass is 191 g/mol. The van der Waals surface area contributed by atoms with Gasteiger partial charge in [0.15, 0.2) is 0 Å². The highest BCUT2D eigenvalue weighted by atomic mass is 16.5. The Morgan fingerprint density at radius 2 is 2.43 bits per heavy atom. The van der Waals surface area contributed by atoms with Gasteiger partial charge in [-0.1, -0.05) is 0 Å². The number of methoxy groups -OCH3 is 1. The Labute approximate surface area is 83.7 Å². The minimum absolute atomic E-state index is 0.635. The SMILES string of the molecule is COCCN(C)c1cnccc1C#N. The maximum atomic E-state index is 8.86. The van der Waals surface area contributed by atoms with Crippen molar-refractivity contribution in [3.05, 3.63) is 24.0 Å². The normalized spacial score (nSPS) is 9.50. The van der Waals surface area contributed by atoms with Crippen LogP contribution in [0.5, 0.6) is 0 Å². The number of nitriles is 1. The van der Waals surface area contributed by atoms with E-state index in [0.29, 0.717) is 12.2 Å². The van der Waals surface area contributed by atoms with Crippen LogP contribution in [0.3, 0.4) is 0 Å².